The Morgan fingerprint density at radius 1 is 1.29 bits per heavy atom. The van der Waals surface area contributed by atoms with Crippen LogP contribution in [-0.4, -0.2) is 17.6 Å². The second kappa shape index (κ2) is 7.05. The second-order valence-corrected chi connectivity index (χ2v) is 6.69. The molecule has 0 amide bonds. The van der Waals surface area contributed by atoms with Gasteiger partial charge >= 0.3 is 0 Å². The summed E-state index contributed by atoms with van der Waals surface area (Å²) in [5.74, 6) is 0.913. The van der Waals surface area contributed by atoms with E-state index in [0.717, 1.165) is 16.5 Å². The van der Waals surface area contributed by atoms with E-state index in [0.29, 0.717) is 12.6 Å². The topological polar surface area (TPSA) is 34.1 Å². The number of hydrogen-bond donors (Lipinski definition) is 1. The lowest BCUT2D eigenvalue weighted by molar-refractivity contribution is 0.339. The highest BCUT2D eigenvalue weighted by Gasteiger charge is 2.20. The average Bonchev–Trinajstić information content (AvgIpc) is 2.76. The van der Waals surface area contributed by atoms with Gasteiger partial charge in [-0.2, -0.15) is 0 Å². The third-order valence-electron chi connectivity index (χ3n) is 3.29. The van der Waals surface area contributed by atoms with Gasteiger partial charge in [-0.05, 0) is 52.3 Å². The SMILES string of the molecule is CCOc1cccc(C(NC(C)C)c2nc(C)c(C)s2)c1. The molecule has 0 bridgehead atoms. The molecular formula is C17H24N2OS. The van der Waals surface area contributed by atoms with E-state index in [1.807, 2.05) is 19.1 Å². The van der Waals surface area contributed by atoms with Crippen molar-refractivity contribution in [1.29, 1.82) is 0 Å². The van der Waals surface area contributed by atoms with E-state index < -0.39 is 0 Å². The maximum atomic E-state index is 5.62. The Morgan fingerprint density at radius 2 is 2.05 bits per heavy atom. The zero-order valence-corrected chi connectivity index (χ0v) is 14.3. The van der Waals surface area contributed by atoms with Gasteiger partial charge in [0.1, 0.15) is 10.8 Å². The molecule has 2 rings (SSSR count). The third-order valence-corrected chi connectivity index (χ3v) is 4.43. The Labute approximate surface area is 131 Å². The van der Waals surface area contributed by atoms with Gasteiger partial charge in [-0.1, -0.05) is 12.1 Å². The maximum absolute atomic E-state index is 5.62. The van der Waals surface area contributed by atoms with Gasteiger partial charge in [0.15, 0.2) is 0 Å². The van der Waals surface area contributed by atoms with E-state index in [2.05, 4.69) is 45.1 Å². The van der Waals surface area contributed by atoms with Gasteiger partial charge < -0.3 is 10.1 Å². The number of aryl methyl sites for hydroxylation is 2. The molecule has 0 spiro atoms. The van der Waals surface area contributed by atoms with Gasteiger partial charge in [-0.25, -0.2) is 4.98 Å². The van der Waals surface area contributed by atoms with Crippen molar-refractivity contribution < 1.29 is 4.74 Å². The van der Waals surface area contributed by atoms with Crippen LogP contribution >= 0.6 is 11.3 Å². The number of nitrogens with zero attached hydrogens (tertiary/aromatic N) is 1. The fourth-order valence-electron chi connectivity index (χ4n) is 2.21. The number of benzene rings is 1. The molecule has 1 aromatic heterocycles. The Morgan fingerprint density at radius 3 is 2.62 bits per heavy atom. The summed E-state index contributed by atoms with van der Waals surface area (Å²) < 4.78 is 5.62. The zero-order valence-electron chi connectivity index (χ0n) is 13.4. The predicted octanol–water partition coefficient (Wildman–Crippen LogP) is 4.25. The molecule has 1 N–H and O–H groups in total. The Hall–Kier alpha value is -1.39. The summed E-state index contributed by atoms with van der Waals surface area (Å²) in [4.78, 5) is 6.01. The summed E-state index contributed by atoms with van der Waals surface area (Å²) in [5.41, 5.74) is 2.31. The summed E-state index contributed by atoms with van der Waals surface area (Å²) in [6.07, 6.45) is 0. The van der Waals surface area contributed by atoms with Crippen molar-refractivity contribution in [2.45, 2.75) is 46.7 Å². The highest BCUT2D eigenvalue weighted by molar-refractivity contribution is 7.11. The van der Waals surface area contributed by atoms with Crippen molar-refractivity contribution in [3.8, 4) is 5.75 Å². The van der Waals surface area contributed by atoms with Gasteiger partial charge in [0.2, 0.25) is 0 Å². The van der Waals surface area contributed by atoms with Crippen LogP contribution in [0.15, 0.2) is 24.3 Å². The zero-order chi connectivity index (χ0) is 15.4. The molecule has 1 aromatic carbocycles. The van der Waals surface area contributed by atoms with Crippen LogP contribution in [0.1, 0.15) is 48.0 Å². The highest BCUT2D eigenvalue weighted by atomic mass is 32.1. The van der Waals surface area contributed by atoms with Crippen LogP contribution in [0.4, 0.5) is 0 Å². The van der Waals surface area contributed by atoms with Crippen LogP contribution < -0.4 is 10.1 Å². The predicted molar refractivity (Wildman–Crippen MR) is 89.3 cm³/mol. The van der Waals surface area contributed by atoms with Gasteiger partial charge in [-0.3, -0.25) is 0 Å². The molecule has 3 nitrogen and oxygen atoms in total. The van der Waals surface area contributed by atoms with Crippen LogP contribution in [0.2, 0.25) is 0 Å². The molecule has 2 aromatic rings. The Bertz CT molecular complexity index is 573. The second-order valence-electron chi connectivity index (χ2n) is 5.45. The molecular weight excluding hydrogens is 280 g/mol. The van der Waals surface area contributed by atoms with E-state index in [9.17, 15) is 0 Å². The first kappa shape index (κ1) is 16.0. The average molecular weight is 304 g/mol. The van der Waals surface area contributed by atoms with E-state index in [-0.39, 0.29) is 6.04 Å². The minimum Gasteiger partial charge on any atom is -0.494 e. The molecule has 0 fully saturated rings. The molecule has 21 heavy (non-hydrogen) atoms. The summed E-state index contributed by atoms with van der Waals surface area (Å²) in [6, 6.07) is 8.78. The minimum atomic E-state index is 0.114. The van der Waals surface area contributed by atoms with Crippen LogP contribution in [0.25, 0.3) is 0 Å². The third kappa shape index (κ3) is 4.05. The van der Waals surface area contributed by atoms with Crippen molar-refractivity contribution in [2.24, 2.45) is 0 Å². The first-order valence-corrected chi connectivity index (χ1v) is 8.25. The van der Waals surface area contributed by atoms with Crippen molar-refractivity contribution >= 4 is 11.3 Å². The van der Waals surface area contributed by atoms with E-state index in [1.54, 1.807) is 11.3 Å². The molecule has 0 saturated carbocycles. The monoisotopic (exact) mass is 304 g/mol. The normalized spacial score (nSPS) is 12.7. The van der Waals surface area contributed by atoms with Gasteiger partial charge in [0, 0.05) is 10.9 Å². The summed E-state index contributed by atoms with van der Waals surface area (Å²) in [6.45, 7) is 11.2. The molecule has 1 atom stereocenters. The molecule has 0 aliphatic heterocycles. The molecule has 4 heteroatoms. The van der Waals surface area contributed by atoms with Crippen molar-refractivity contribution in [3.63, 3.8) is 0 Å². The standard InChI is InChI=1S/C17H24N2OS/c1-6-20-15-9-7-8-14(10-15)16(18-11(2)3)17-19-12(4)13(5)21-17/h7-11,16,18H,6H2,1-5H3. The number of rotatable bonds is 6. The molecule has 0 aliphatic rings. The number of aromatic nitrogens is 1. The molecule has 0 aliphatic carbocycles. The summed E-state index contributed by atoms with van der Waals surface area (Å²) in [5, 5.41) is 4.73. The largest absolute Gasteiger partial charge is 0.494 e. The Kier molecular flexibility index (Phi) is 5.37. The highest BCUT2D eigenvalue weighted by Crippen LogP contribution is 2.30. The lowest BCUT2D eigenvalue weighted by Crippen LogP contribution is -2.29. The number of ether oxygens (including phenoxy) is 1. The lowest BCUT2D eigenvalue weighted by Gasteiger charge is -2.20. The number of thiazole rings is 1. The van der Waals surface area contributed by atoms with Crippen LogP contribution in [0.3, 0.4) is 0 Å². The van der Waals surface area contributed by atoms with Crippen molar-refractivity contribution in [2.75, 3.05) is 6.61 Å². The quantitative estimate of drug-likeness (QED) is 0.866. The molecule has 1 heterocycles. The molecule has 1 unspecified atom stereocenters. The van der Waals surface area contributed by atoms with Crippen molar-refractivity contribution in [1.82, 2.24) is 10.3 Å². The van der Waals surface area contributed by atoms with Crippen LogP contribution in [0.5, 0.6) is 5.75 Å². The molecule has 0 radical (unpaired) electrons. The summed E-state index contributed by atoms with van der Waals surface area (Å²) in [7, 11) is 0. The maximum Gasteiger partial charge on any atom is 0.119 e. The first-order chi connectivity index (χ1) is 10.0. The van der Waals surface area contributed by atoms with Crippen molar-refractivity contribution in [3.05, 3.63) is 45.4 Å². The number of nitrogens with one attached hydrogen (secondary N) is 1. The van der Waals surface area contributed by atoms with Gasteiger partial charge in [-0.15, -0.1) is 11.3 Å². The van der Waals surface area contributed by atoms with E-state index in [1.165, 1.54) is 10.4 Å². The fraction of sp³-hybridized carbons (Fsp3) is 0.471. The lowest BCUT2D eigenvalue weighted by atomic mass is 10.1. The Balaban J connectivity index is 2.37. The minimum absolute atomic E-state index is 0.114. The van der Waals surface area contributed by atoms with Crippen LogP contribution in [0, 0.1) is 13.8 Å². The van der Waals surface area contributed by atoms with E-state index in [4.69, 9.17) is 9.72 Å². The first-order valence-electron chi connectivity index (χ1n) is 7.44. The van der Waals surface area contributed by atoms with Crippen LogP contribution in [-0.2, 0) is 0 Å². The van der Waals surface area contributed by atoms with Gasteiger partial charge in [0.25, 0.3) is 0 Å². The number of hydrogen-bond acceptors (Lipinski definition) is 4. The van der Waals surface area contributed by atoms with E-state index >= 15 is 0 Å². The smallest absolute Gasteiger partial charge is 0.119 e. The fourth-order valence-corrected chi connectivity index (χ4v) is 3.23. The molecule has 114 valence electrons. The summed E-state index contributed by atoms with van der Waals surface area (Å²) >= 11 is 1.76. The van der Waals surface area contributed by atoms with Gasteiger partial charge in [0.05, 0.1) is 18.3 Å². The molecule has 0 saturated heterocycles.